The number of ether oxygens (including phenoxy) is 1. The van der Waals surface area contributed by atoms with Crippen LogP contribution in [-0.4, -0.2) is 39.3 Å². The first-order valence-corrected chi connectivity index (χ1v) is 8.10. The van der Waals surface area contributed by atoms with Gasteiger partial charge in [0.2, 0.25) is 11.7 Å². The molecular weight excluding hydrogens is 280 g/mol. The first-order valence-electron chi connectivity index (χ1n) is 6.95. The lowest BCUT2D eigenvalue weighted by atomic mass is 9.83. The van der Waals surface area contributed by atoms with Crippen LogP contribution in [0.3, 0.4) is 0 Å². The second-order valence-corrected chi connectivity index (χ2v) is 6.60. The van der Waals surface area contributed by atoms with Gasteiger partial charge in [0.05, 0.1) is 12.0 Å². The van der Waals surface area contributed by atoms with Gasteiger partial charge in [-0.25, -0.2) is 0 Å². The Kier molecular flexibility index (Phi) is 3.98. The van der Waals surface area contributed by atoms with E-state index in [0.29, 0.717) is 37.6 Å². The van der Waals surface area contributed by atoms with Crippen molar-refractivity contribution >= 4 is 17.7 Å². The van der Waals surface area contributed by atoms with Crippen LogP contribution >= 0.6 is 11.8 Å². The Morgan fingerprint density at radius 3 is 2.90 bits per heavy atom. The van der Waals surface area contributed by atoms with E-state index in [9.17, 15) is 9.90 Å². The summed E-state index contributed by atoms with van der Waals surface area (Å²) in [6.07, 6.45) is 3.49. The highest BCUT2D eigenvalue weighted by Crippen LogP contribution is 2.41. The Balaban J connectivity index is 1.71. The molecule has 1 aromatic rings. The van der Waals surface area contributed by atoms with Gasteiger partial charge in [0.25, 0.3) is 0 Å². The number of rotatable bonds is 4. The molecule has 1 unspecified atom stereocenters. The molecular formula is C13H18N2O4S. The minimum atomic E-state index is -0.751. The first-order chi connectivity index (χ1) is 9.70. The normalized spacial score (nSPS) is 25.7. The molecule has 1 aliphatic carbocycles. The topological polar surface area (TPSA) is 85.5 Å². The number of nitrogens with zero attached hydrogens (tertiary/aromatic N) is 2. The summed E-state index contributed by atoms with van der Waals surface area (Å²) in [5.41, 5.74) is -0.716. The Bertz CT molecular complexity index is 478. The molecule has 1 aromatic heterocycles. The second kappa shape index (κ2) is 5.73. The summed E-state index contributed by atoms with van der Waals surface area (Å²) in [6.45, 7) is 0.693. The van der Waals surface area contributed by atoms with Crippen molar-refractivity contribution in [3.05, 3.63) is 11.7 Å². The number of hydrogen-bond donors (Lipinski definition) is 1. The summed E-state index contributed by atoms with van der Waals surface area (Å²) in [5.74, 6) is 2.03. The van der Waals surface area contributed by atoms with E-state index in [4.69, 9.17) is 9.26 Å². The molecule has 110 valence electrons. The summed E-state index contributed by atoms with van der Waals surface area (Å²) in [4.78, 5) is 15.9. The molecule has 3 rings (SSSR count). The highest BCUT2D eigenvalue weighted by Gasteiger charge is 2.43. The summed E-state index contributed by atoms with van der Waals surface area (Å²) < 4.78 is 10.8. The number of aliphatic carboxylic acids is 1. The van der Waals surface area contributed by atoms with Crippen molar-refractivity contribution in [2.75, 3.05) is 18.1 Å². The molecule has 1 N–H and O–H groups in total. The zero-order valence-corrected chi connectivity index (χ0v) is 12.0. The van der Waals surface area contributed by atoms with Crippen LogP contribution in [0, 0.1) is 5.41 Å². The zero-order chi connectivity index (χ0) is 14.0. The average Bonchev–Trinajstić information content (AvgIpc) is 3.10. The third kappa shape index (κ3) is 2.69. The largest absolute Gasteiger partial charge is 0.481 e. The number of carboxylic acid groups (broad SMARTS) is 1. The third-order valence-electron chi connectivity index (χ3n) is 4.09. The van der Waals surface area contributed by atoms with Gasteiger partial charge in [0.15, 0.2) is 0 Å². The van der Waals surface area contributed by atoms with Crippen molar-refractivity contribution in [1.29, 1.82) is 0 Å². The van der Waals surface area contributed by atoms with Crippen molar-refractivity contribution in [1.82, 2.24) is 10.1 Å². The van der Waals surface area contributed by atoms with Crippen molar-refractivity contribution in [2.45, 2.75) is 38.2 Å². The van der Waals surface area contributed by atoms with Gasteiger partial charge in [0.1, 0.15) is 6.10 Å². The Morgan fingerprint density at radius 2 is 2.25 bits per heavy atom. The minimum Gasteiger partial charge on any atom is -0.481 e. The SMILES string of the molecule is O=C(O)C1(Cc2nc(C3CSCCO3)no2)CCCC1. The minimum absolute atomic E-state index is 0.129. The Hall–Kier alpha value is -1.08. The molecule has 0 bridgehead atoms. The maximum atomic E-state index is 11.5. The van der Waals surface area contributed by atoms with Crippen LogP contribution in [-0.2, 0) is 16.0 Å². The van der Waals surface area contributed by atoms with Crippen molar-refractivity contribution < 1.29 is 19.2 Å². The van der Waals surface area contributed by atoms with Crippen molar-refractivity contribution in [2.24, 2.45) is 5.41 Å². The van der Waals surface area contributed by atoms with Crippen molar-refractivity contribution in [3.8, 4) is 0 Å². The second-order valence-electron chi connectivity index (χ2n) is 5.45. The molecule has 0 spiro atoms. The molecule has 0 aromatic carbocycles. The van der Waals surface area contributed by atoms with E-state index < -0.39 is 11.4 Å². The quantitative estimate of drug-likeness (QED) is 0.910. The lowest BCUT2D eigenvalue weighted by molar-refractivity contribution is -0.148. The third-order valence-corrected chi connectivity index (χ3v) is 5.09. The maximum absolute atomic E-state index is 11.5. The van der Waals surface area contributed by atoms with E-state index in [0.717, 1.165) is 24.3 Å². The first kappa shape index (κ1) is 13.9. The van der Waals surface area contributed by atoms with Crippen LogP contribution < -0.4 is 0 Å². The summed E-state index contributed by atoms with van der Waals surface area (Å²) in [5, 5.41) is 13.4. The van der Waals surface area contributed by atoms with E-state index >= 15 is 0 Å². The van der Waals surface area contributed by atoms with Crippen LogP contribution in [0.2, 0.25) is 0 Å². The molecule has 7 heteroatoms. The molecule has 6 nitrogen and oxygen atoms in total. The predicted octanol–water partition coefficient (Wildman–Crippen LogP) is 2.06. The molecule has 1 saturated carbocycles. The number of aromatic nitrogens is 2. The molecule has 2 heterocycles. The van der Waals surface area contributed by atoms with E-state index in [-0.39, 0.29) is 6.10 Å². The number of thioether (sulfide) groups is 1. The van der Waals surface area contributed by atoms with Gasteiger partial charge in [-0.2, -0.15) is 16.7 Å². The van der Waals surface area contributed by atoms with Gasteiger partial charge in [-0.1, -0.05) is 18.0 Å². The monoisotopic (exact) mass is 298 g/mol. The van der Waals surface area contributed by atoms with Crippen molar-refractivity contribution in [3.63, 3.8) is 0 Å². The van der Waals surface area contributed by atoms with Crippen LogP contribution in [0.4, 0.5) is 0 Å². The van der Waals surface area contributed by atoms with Gasteiger partial charge in [-0.3, -0.25) is 4.79 Å². The van der Waals surface area contributed by atoms with Gasteiger partial charge in [-0.05, 0) is 12.8 Å². The van der Waals surface area contributed by atoms with Crippen LogP contribution in [0.1, 0.15) is 43.5 Å². The summed E-state index contributed by atoms with van der Waals surface area (Å²) in [7, 11) is 0. The van der Waals surface area contributed by atoms with Gasteiger partial charge in [0, 0.05) is 17.9 Å². The summed E-state index contributed by atoms with van der Waals surface area (Å²) in [6, 6.07) is 0. The fourth-order valence-corrected chi connectivity index (χ4v) is 3.76. The molecule has 1 atom stereocenters. The predicted molar refractivity (Wildman–Crippen MR) is 72.6 cm³/mol. The molecule has 1 aliphatic heterocycles. The standard InChI is InChI=1S/C13H18N2O4S/c16-12(17)13(3-1-2-4-13)7-10-14-11(15-19-10)9-8-20-6-5-18-9/h9H,1-8H2,(H,16,17). The fraction of sp³-hybridized carbons (Fsp3) is 0.769. The highest BCUT2D eigenvalue weighted by atomic mass is 32.2. The fourth-order valence-electron chi connectivity index (χ4n) is 2.91. The van der Waals surface area contributed by atoms with Crippen LogP contribution in [0.5, 0.6) is 0 Å². The number of hydrogen-bond acceptors (Lipinski definition) is 6. The lowest BCUT2D eigenvalue weighted by Crippen LogP contribution is -2.30. The van der Waals surface area contributed by atoms with E-state index in [1.807, 2.05) is 0 Å². The molecule has 2 fully saturated rings. The zero-order valence-electron chi connectivity index (χ0n) is 11.2. The van der Waals surface area contributed by atoms with Crippen LogP contribution in [0.25, 0.3) is 0 Å². The van der Waals surface area contributed by atoms with E-state index in [1.165, 1.54) is 0 Å². The maximum Gasteiger partial charge on any atom is 0.310 e. The molecule has 0 radical (unpaired) electrons. The van der Waals surface area contributed by atoms with E-state index in [1.54, 1.807) is 11.8 Å². The van der Waals surface area contributed by atoms with Gasteiger partial charge in [-0.15, -0.1) is 0 Å². The highest BCUT2D eigenvalue weighted by molar-refractivity contribution is 7.99. The van der Waals surface area contributed by atoms with Gasteiger partial charge < -0.3 is 14.4 Å². The number of carbonyl (C=O) groups is 1. The van der Waals surface area contributed by atoms with Crippen LogP contribution in [0.15, 0.2) is 4.52 Å². The average molecular weight is 298 g/mol. The number of carboxylic acids is 1. The summed E-state index contributed by atoms with van der Waals surface area (Å²) >= 11 is 1.80. The lowest BCUT2D eigenvalue weighted by Gasteiger charge is -2.21. The van der Waals surface area contributed by atoms with Gasteiger partial charge >= 0.3 is 5.97 Å². The smallest absolute Gasteiger partial charge is 0.310 e. The molecule has 20 heavy (non-hydrogen) atoms. The van der Waals surface area contributed by atoms with E-state index in [2.05, 4.69) is 10.1 Å². The molecule has 1 saturated heterocycles. The molecule has 2 aliphatic rings. The Morgan fingerprint density at radius 1 is 1.45 bits per heavy atom. The molecule has 0 amide bonds. The Labute approximate surface area is 121 Å².